The van der Waals surface area contributed by atoms with E-state index in [2.05, 4.69) is 24.9 Å². The fraction of sp³-hybridized carbons (Fsp3) is 0.375. The molecule has 3 nitrogen and oxygen atoms in total. The van der Waals surface area contributed by atoms with Crippen molar-refractivity contribution in [3.05, 3.63) is 48.2 Å². The molecular formula is C16H21NO2. The summed E-state index contributed by atoms with van der Waals surface area (Å²) < 4.78 is 11.5. The van der Waals surface area contributed by atoms with Crippen LogP contribution in [0, 0.1) is 0 Å². The summed E-state index contributed by atoms with van der Waals surface area (Å²) in [4.78, 5) is 0. The van der Waals surface area contributed by atoms with Gasteiger partial charge in [-0.15, -0.1) is 6.58 Å². The van der Waals surface area contributed by atoms with E-state index in [9.17, 15) is 0 Å². The molecule has 0 spiro atoms. The van der Waals surface area contributed by atoms with Crippen molar-refractivity contribution in [2.75, 3.05) is 13.2 Å². The van der Waals surface area contributed by atoms with E-state index in [0.29, 0.717) is 13.2 Å². The van der Waals surface area contributed by atoms with Gasteiger partial charge in [0.25, 0.3) is 0 Å². The summed E-state index contributed by atoms with van der Waals surface area (Å²) in [5.41, 5.74) is 2.13. The van der Waals surface area contributed by atoms with E-state index in [1.165, 1.54) is 10.9 Å². The van der Waals surface area contributed by atoms with Gasteiger partial charge in [-0.2, -0.15) is 0 Å². The minimum Gasteiger partial charge on any atom is -0.458 e. The third kappa shape index (κ3) is 3.46. The number of hydrogen-bond acceptors (Lipinski definition) is 3. The van der Waals surface area contributed by atoms with Crippen LogP contribution in [0.15, 0.2) is 41.3 Å². The largest absolute Gasteiger partial charge is 0.458 e. The second kappa shape index (κ2) is 7.12. The van der Waals surface area contributed by atoms with Crippen LogP contribution in [-0.4, -0.2) is 13.2 Å². The van der Waals surface area contributed by atoms with Crippen molar-refractivity contribution in [3.63, 3.8) is 0 Å². The predicted molar refractivity (Wildman–Crippen MR) is 78.1 cm³/mol. The van der Waals surface area contributed by atoms with Crippen LogP contribution in [-0.2, 0) is 17.9 Å². The van der Waals surface area contributed by atoms with Crippen molar-refractivity contribution in [1.82, 2.24) is 5.32 Å². The lowest BCUT2D eigenvalue weighted by Gasteiger charge is -2.04. The van der Waals surface area contributed by atoms with Gasteiger partial charge < -0.3 is 14.5 Å². The molecule has 1 heterocycles. The van der Waals surface area contributed by atoms with E-state index in [1.54, 1.807) is 0 Å². The van der Waals surface area contributed by atoms with Crippen molar-refractivity contribution in [1.29, 1.82) is 0 Å². The Balaban J connectivity index is 2.17. The number of fused-ring (bicyclic) bond motifs is 1. The Labute approximate surface area is 114 Å². The van der Waals surface area contributed by atoms with Gasteiger partial charge in [-0.05, 0) is 19.0 Å². The lowest BCUT2D eigenvalue weighted by molar-refractivity contribution is 0.110. The highest BCUT2D eigenvalue weighted by Gasteiger charge is 2.13. The molecule has 0 saturated heterocycles. The van der Waals surface area contributed by atoms with E-state index in [-0.39, 0.29) is 0 Å². The van der Waals surface area contributed by atoms with Gasteiger partial charge in [-0.3, -0.25) is 0 Å². The van der Waals surface area contributed by atoms with Gasteiger partial charge in [0, 0.05) is 17.5 Å². The molecule has 19 heavy (non-hydrogen) atoms. The van der Waals surface area contributed by atoms with Crippen molar-refractivity contribution in [2.24, 2.45) is 0 Å². The molecule has 1 aromatic carbocycles. The number of ether oxygens (including phenoxy) is 1. The van der Waals surface area contributed by atoms with Gasteiger partial charge in [-0.1, -0.05) is 31.2 Å². The molecule has 1 N–H and O–H groups in total. The molecule has 3 heteroatoms. The molecule has 0 aliphatic heterocycles. The zero-order valence-corrected chi connectivity index (χ0v) is 11.4. The first-order chi connectivity index (χ1) is 9.36. The summed E-state index contributed by atoms with van der Waals surface area (Å²) in [7, 11) is 0. The standard InChI is InChI=1S/C16H21NO2/c1-3-5-10-18-12-16-14(11-17-4-2)13-8-6-7-9-15(13)19-16/h3,6-9,17H,1,4-5,10-12H2,2H3. The molecule has 0 unspecified atom stereocenters. The van der Waals surface area contributed by atoms with Crippen LogP contribution in [0.25, 0.3) is 11.0 Å². The molecule has 0 aliphatic carbocycles. The van der Waals surface area contributed by atoms with Gasteiger partial charge in [0.15, 0.2) is 0 Å². The van der Waals surface area contributed by atoms with Crippen molar-refractivity contribution in [3.8, 4) is 0 Å². The Morgan fingerprint density at radius 2 is 2.21 bits per heavy atom. The lowest BCUT2D eigenvalue weighted by atomic mass is 10.1. The first-order valence-electron chi connectivity index (χ1n) is 6.75. The van der Waals surface area contributed by atoms with Crippen LogP contribution in [0.5, 0.6) is 0 Å². The van der Waals surface area contributed by atoms with Crippen molar-refractivity contribution < 1.29 is 9.15 Å². The van der Waals surface area contributed by atoms with Crippen LogP contribution in [0.3, 0.4) is 0 Å². The van der Waals surface area contributed by atoms with E-state index in [1.807, 2.05) is 24.3 Å². The second-order valence-electron chi connectivity index (χ2n) is 4.41. The normalized spacial score (nSPS) is 11.0. The molecule has 0 amide bonds. The first kappa shape index (κ1) is 13.8. The SMILES string of the molecule is C=CCCOCc1oc2ccccc2c1CNCC. The van der Waals surface area contributed by atoms with E-state index in [4.69, 9.17) is 9.15 Å². The van der Waals surface area contributed by atoms with E-state index in [0.717, 1.165) is 30.9 Å². The maximum atomic E-state index is 5.89. The van der Waals surface area contributed by atoms with Gasteiger partial charge in [0.2, 0.25) is 0 Å². The molecule has 0 saturated carbocycles. The summed E-state index contributed by atoms with van der Waals surface area (Å²) >= 11 is 0. The molecule has 0 atom stereocenters. The first-order valence-corrected chi connectivity index (χ1v) is 6.75. The minimum absolute atomic E-state index is 0.517. The lowest BCUT2D eigenvalue weighted by Crippen LogP contribution is -2.12. The van der Waals surface area contributed by atoms with Crippen molar-refractivity contribution in [2.45, 2.75) is 26.5 Å². The fourth-order valence-corrected chi connectivity index (χ4v) is 2.04. The van der Waals surface area contributed by atoms with Gasteiger partial charge in [0.1, 0.15) is 18.0 Å². The van der Waals surface area contributed by atoms with Crippen LogP contribution in [0.1, 0.15) is 24.7 Å². The summed E-state index contributed by atoms with van der Waals surface area (Å²) in [5, 5.41) is 4.53. The highest BCUT2D eigenvalue weighted by Crippen LogP contribution is 2.26. The molecular weight excluding hydrogens is 238 g/mol. The van der Waals surface area contributed by atoms with Crippen LogP contribution < -0.4 is 5.32 Å². The summed E-state index contributed by atoms with van der Waals surface area (Å²) in [5.74, 6) is 0.922. The molecule has 0 bridgehead atoms. The van der Waals surface area contributed by atoms with Gasteiger partial charge >= 0.3 is 0 Å². The highest BCUT2D eigenvalue weighted by atomic mass is 16.5. The van der Waals surface area contributed by atoms with E-state index < -0.39 is 0 Å². The number of para-hydroxylation sites is 1. The number of furan rings is 1. The Kier molecular flexibility index (Phi) is 5.19. The Hall–Kier alpha value is -1.58. The monoisotopic (exact) mass is 259 g/mol. The number of nitrogens with one attached hydrogen (secondary N) is 1. The molecule has 1 aromatic heterocycles. The molecule has 102 valence electrons. The zero-order chi connectivity index (χ0) is 13.5. The minimum atomic E-state index is 0.517. The molecule has 0 radical (unpaired) electrons. The maximum Gasteiger partial charge on any atom is 0.135 e. The zero-order valence-electron chi connectivity index (χ0n) is 11.4. The number of hydrogen-bond donors (Lipinski definition) is 1. The summed E-state index contributed by atoms with van der Waals surface area (Å²) in [6, 6.07) is 8.12. The van der Waals surface area contributed by atoms with Crippen LogP contribution in [0.2, 0.25) is 0 Å². The van der Waals surface area contributed by atoms with Gasteiger partial charge in [-0.25, -0.2) is 0 Å². The highest BCUT2D eigenvalue weighted by molar-refractivity contribution is 5.82. The van der Waals surface area contributed by atoms with Crippen molar-refractivity contribution >= 4 is 11.0 Å². The number of rotatable bonds is 8. The average Bonchev–Trinajstić information content (AvgIpc) is 2.79. The summed E-state index contributed by atoms with van der Waals surface area (Å²) in [6.45, 7) is 8.74. The summed E-state index contributed by atoms with van der Waals surface area (Å²) in [6.07, 6.45) is 2.72. The van der Waals surface area contributed by atoms with Gasteiger partial charge in [0.05, 0.1) is 6.61 Å². The Morgan fingerprint density at radius 1 is 1.37 bits per heavy atom. The number of benzene rings is 1. The molecule has 0 fully saturated rings. The van der Waals surface area contributed by atoms with Crippen LogP contribution in [0.4, 0.5) is 0 Å². The third-order valence-corrected chi connectivity index (χ3v) is 3.03. The second-order valence-corrected chi connectivity index (χ2v) is 4.41. The smallest absolute Gasteiger partial charge is 0.135 e. The fourth-order valence-electron chi connectivity index (χ4n) is 2.04. The molecule has 2 aromatic rings. The topological polar surface area (TPSA) is 34.4 Å². The third-order valence-electron chi connectivity index (χ3n) is 3.03. The predicted octanol–water partition coefficient (Wildman–Crippen LogP) is 3.64. The quantitative estimate of drug-likeness (QED) is 0.580. The van der Waals surface area contributed by atoms with E-state index >= 15 is 0 Å². The maximum absolute atomic E-state index is 5.89. The molecule has 2 rings (SSSR count). The Bertz CT molecular complexity index is 531. The molecule has 0 aliphatic rings. The average molecular weight is 259 g/mol. The van der Waals surface area contributed by atoms with Crippen LogP contribution >= 0.6 is 0 Å². The Morgan fingerprint density at radius 3 is 3.00 bits per heavy atom.